The summed E-state index contributed by atoms with van der Waals surface area (Å²) in [5.74, 6) is -0.371. The van der Waals surface area contributed by atoms with E-state index in [1.807, 2.05) is 30.3 Å². The Labute approximate surface area is 148 Å². The van der Waals surface area contributed by atoms with Crippen LogP contribution >= 0.6 is 22.9 Å². The van der Waals surface area contributed by atoms with Crippen molar-refractivity contribution in [3.8, 4) is 10.4 Å². The predicted octanol–water partition coefficient (Wildman–Crippen LogP) is 5.18. The van der Waals surface area contributed by atoms with Crippen LogP contribution < -0.4 is 5.32 Å². The molecule has 0 aliphatic rings. The zero-order valence-corrected chi connectivity index (χ0v) is 14.3. The average Bonchev–Trinajstić information content (AvgIpc) is 3.05. The maximum Gasteiger partial charge on any atom is 0.261 e. The average molecular weight is 360 g/mol. The minimum Gasteiger partial charge on any atom is -0.351 e. The fourth-order valence-electron chi connectivity index (χ4n) is 2.33. The lowest BCUT2D eigenvalue weighted by Crippen LogP contribution is -2.24. The molecular formula is C19H15ClFNOS. The van der Waals surface area contributed by atoms with Gasteiger partial charge >= 0.3 is 0 Å². The molecule has 1 N–H and O–H groups in total. The zero-order chi connectivity index (χ0) is 16.9. The molecule has 3 rings (SSSR count). The lowest BCUT2D eigenvalue weighted by Gasteiger charge is -2.04. The van der Waals surface area contributed by atoms with Crippen molar-refractivity contribution in [3.05, 3.63) is 81.9 Å². The molecule has 0 aliphatic carbocycles. The first-order valence-corrected chi connectivity index (χ1v) is 8.70. The quantitative estimate of drug-likeness (QED) is 0.668. The largest absolute Gasteiger partial charge is 0.351 e. The molecule has 0 spiro atoms. The number of hydrogen-bond donors (Lipinski definition) is 1. The Bertz CT molecular complexity index is 845. The molecule has 1 heterocycles. The standard InChI is InChI=1S/C19H15ClFNOS/c20-15-3-1-2-13(12-15)10-11-22-19(23)18-9-8-17(24-18)14-4-6-16(21)7-5-14/h1-9,12H,10-11H2,(H,22,23). The molecule has 0 radical (unpaired) electrons. The van der Waals surface area contributed by atoms with Crippen molar-refractivity contribution in [1.29, 1.82) is 0 Å². The van der Waals surface area contributed by atoms with E-state index in [-0.39, 0.29) is 11.7 Å². The smallest absolute Gasteiger partial charge is 0.261 e. The molecule has 0 saturated heterocycles. The number of halogens is 2. The summed E-state index contributed by atoms with van der Waals surface area (Å²) >= 11 is 7.34. The Balaban J connectivity index is 1.58. The molecule has 0 fully saturated rings. The lowest BCUT2D eigenvalue weighted by molar-refractivity contribution is 0.0958. The number of amides is 1. The van der Waals surface area contributed by atoms with Crippen LogP contribution in [0.5, 0.6) is 0 Å². The van der Waals surface area contributed by atoms with Crippen LogP contribution in [0.15, 0.2) is 60.7 Å². The highest BCUT2D eigenvalue weighted by atomic mass is 35.5. The molecular weight excluding hydrogens is 345 g/mol. The molecule has 122 valence electrons. The molecule has 3 aromatic rings. The summed E-state index contributed by atoms with van der Waals surface area (Å²) in [7, 11) is 0. The number of carbonyl (C=O) groups is 1. The van der Waals surface area contributed by atoms with E-state index >= 15 is 0 Å². The Morgan fingerprint density at radius 3 is 2.62 bits per heavy atom. The Kier molecular flexibility index (Phi) is 5.28. The normalized spacial score (nSPS) is 10.6. The highest BCUT2D eigenvalue weighted by molar-refractivity contribution is 7.17. The van der Waals surface area contributed by atoms with Crippen molar-refractivity contribution in [2.75, 3.05) is 6.54 Å². The number of thiophene rings is 1. The fourth-order valence-corrected chi connectivity index (χ4v) is 3.47. The predicted molar refractivity (Wildman–Crippen MR) is 97.2 cm³/mol. The highest BCUT2D eigenvalue weighted by Gasteiger charge is 2.10. The second kappa shape index (κ2) is 7.60. The summed E-state index contributed by atoms with van der Waals surface area (Å²) in [5.41, 5.74) is 1.99. The van der Waals surface area contributed by atoms with Crippen LogP contribution in [0.25, 0.3) is 10.4 Å². The first-order valence-electron chi connectivity index (χ1n) is 7.50. The Morgan fingerprint density at radius 2 is 1.88 bits per heavy atom. The fraction of sp³-hybridized carbons (Fsp3) is 0.105. The van der Waals surface area contributed by atoms with Crippen molar-refractivity contribution < 1.29 is 9.18 Å². The molecule has 5 heteroatoms. The second-order valence-electron chi connectivity index (χ2n) is 5.31. The van der Waals surface area contributed by atoms with Crippen LogP contribution in [-0.4, -0.2) is 12.5 Å². The van der Waals surface area contributed by atoms with Gasteiger partial charge < -0.3 is 5.32 Å². The molecule has 0 aliphatic heterocycles. The van der Waals surface area contributed by atoms with Crippen molar-refractivity contribution in [1.82, 2.24) is 5.32 Å². The van der Waals surface area contributed by atoms with E-state index in [4.69, 9.17) is 11.6 Å². The van der Waals surface area contributed by atoms with Gasteiger partial charge in [-0.2, -0.15) is 0 Å². The molecule has 2 nitrogen and oxygen atoms in total. The summed E-state index contributed by atoms with van der Waals surface area (Å²) in [6.45, 7) is 0.545. The maximum atomic E-state index is 13.0. The van der Waals surface area contributed by atoms with E-state index in [2.05, 4.69) is 5.32 Å². The number of nitrogens with one attached hydrogen (secondary N) is 1. The number of benzene rings is 2. The maximum absolute atomic E-state index is 13.0. The molecule has 1 aromatic heterocycles. The monoisotopic (exact) mass is 359 g/mol. The van der Waals surface area contributed by atoms with Crippen LogP contribution in [0.2, 0.25) is 5.02 Å². The van der Waals surface area contributed by atoms with Crippen molar-refractivity contribution in [3.63, 3.8) is 0 Å². The van der Waals surface area contributed by atoms with Gasteiger partial charge in [-0.05, 0) is 53.9 Å². The lowest BCUT2D eigenvalue weighted by atomic mass is 10.1. The van der Waals surface area contributed by atoms with Gasteiger partial charge in [0.2, 0.25) is 0 Å². The van der Waals surface area contributed by atoms with Gasteiger partial charge in [0.15, 0.2) is 0 Å². The van der Waals surface area contributed by atoms with Gasteiger partial charge in [-0.1, -0.05) is 35.9 Å². The third-order valence-electron chi connectivity index (χ3n) is 3.55. The van der Waals surface area contributed by atoms with E-state index < -0.39 is 0 Å². The topological polar surface area (TPSA) is 29.1 Å². The first-order chi connectivity index (χ1) is 11.6. The summed E-state index contributed by atoms with van der Waals surface area (Å²) in [4.78, 5) is 13.8. The highest BCUT2D eigenvalue weighted by Crippen LogP contribution is 2.28. The van der Waals surface area contributed by atoms with Gasteiger partial charge in [0.25, 0.3) is 5.91 Å². The van der Waals surface area contributed by atoms with Crippen LogP contribution in [0.1, 0.15) is 15.2 Å². The minimum absolute atomic E-state index is 0.101. The molecule has 0 atom stereocenters. The summed E-state index contributed by atoms with van der Waals surface area (Å²) in [6, 6.07) is 17.5. The summed E-state index contributed by atoms with van der Waals surface area (Å²) in [5, 5.41) is 3.60. The zero-order valence-electron chi connectivity index (χ0n) is 12.8. The molecule has 2 aromatic carbocycles. The molecule has 24 heavy (non-hydrogen) atoms. The number of hydrogen-bond acceptors (Lipinski definition) is 2. The van der Waals surface area contributed by atoms with Crippen LogP contribution in [-0.2, 0) is 6.42 Å². The number of carbonyl (C=O) groups excluding carboxylic acids is 1. The van der Waals surface area contributed by atoms with Gasteiger partial charge in [-0.3, -0.25) is 4.79 Å². The minimum atomic E-state index is -0.269. The second-order valence-corrected chi connectivity index (χ2v) is 6.83. The Hall–Kier alpha value is -2.17. The van der Waals surface area contributed by atoms with Crippen LogP contribution in [0.4, 0.5) is 4.39 Å². The molecule has 0 saturated carbocycles. The van der Waals surface area contributed by atoms with E-state index in [0.29, 0.717) is 16.4 Å². The van der Waals surface area contributed by atoms with Crippen molar-refractivity contribution in [2.45, 2.75) is 6.42 Å². The van der Waals surface area contributed by atoms with E-state index in [0.717, 1.165) is 22.4 Å². The van der Waals surface area contributed by atoms with Gasteiger partial charge in [-0.15, -0.1) is 11.3 Å². The molecule has 0 bridgehead atoms. The van der Waals surface area contributed by atoms with Gasteiger partial charge in [0.1, 0.15) is 5.82 Å². The third kappa shape index (κ3) is 4.22. The first kappa shape index (κ1) is 16.7. The van der Waals surface area contributed by atoms with E-state index in [1.165, 1.54) is 23.5 Å². The van der Waals surface area contributed by atoms with Crippen LogP contribution in [0.3, 0.4) is 0 Å². The Morgan fingerprint density at radius 1 is 1.08 bits per heavy atom. The van der Waals surface area contributed by atoms with Crippen LogP contribution in [0, 0.1) is 5.82 Å². The third-order valence-corrected chi connectivity index (χ3v) is 4.91. The van der Waals surface area contributed by atoms with Crippen molar-refractivity contribution in [2.24, 2.45) is 0 Å². The molecule has 1 amide bonds. The van der Waals surface area contributed by atoms with Gasteiger partial charge in [0.05, 0.1) is 4.88 Å². The van der Waals surface area contributed by atoms with Crippen molar-refractivity contribution >= 4 is 28.8 Å². The summed E-state index contributed by atoms with van der Waals surface area (Å²) < 4.78 is 13.0. The van der Waals surface area contributed by atoms with E-state index in [9.17, 15) is 9.18 Å². The van der Waals surface area contributed by atoms with Gasteiger partial charge in [-0.25, -0.2) is 4.39 Å². The summed E-state index contributed by atoms with van der Waals surface area (Å²) in [6.07, 6.45) is 0.725. The number of rotatable bonds is 5. The van der Waals surface area contributed by atoms with E-state index in [1.54, 1.807) is 18.2 Å². The van der Waals surface area contributed by atoms with Gasteiger partial charge in [0, 0.05) is 16.4 Å². The SMILES string of the molecule is O=C(NCCc1cccc(Cl)c1)c1ccc(-c2ccc(F)cc2)s1. The molecule has 0 unspecified atom stereocenters.